The van der Waals surface area contributed by atoms with Crippen molar-refractivity contribution in [2.24, 2.45) is 0 Å². The maximum Gasteiger partial charge on any atom is 0.397 e. The monoisotopic (exact) mass is 280 g/mol. The lowest BCUT2D eigenvalue weighted by Crippen LogP contribution is -2.27. The Hall–Kier alpha value is -2.57. The first-order valence-corrected chi connectivity index (χ1v) is 5.92. The SMILES string of the molecule is CCOC(=O)C(=O)Nc1cccc(OC)c1C(=O)NC. The van der Waals surface area contributed by atoms with Crippen LogP contribution in [0.5, 0.6) is 5.75 Å². The van der Waals surface area contributed by atoms with Crippen molar-refractivity contribution in [3.8, 4) is 5.75 Å². The minimum atomic E-state index is -1.02. The fourth-order valence-corrected chi connectivity index (χ4v) is 1.53. The van der Waals surface area contributed by atoms with E-state index in [0.29, 0.717) is 0 Å². The molecule has 0 aliphatic rings. The Balaban J connectivity index is 3.09. The number of anilines is 1. The lowest BCUT2D eigenvalue weighted by Gasteiger charge is -2.13. The average Bonchev–Trinajstić information content (AvgIpc) is 2.46. The van der Waals surface area contributed by atoms with Gasteiger partial charge in [-0.25, -0.2) is 4.79 Å². The van der Waals surface area contributed by atoms with Gasteiger partial charge in [-0.1, -0.05) is 6.07 Å². The van der Waals surface area contributed by atoms with Crippen molar-refractivity contribution in [2.45, 2.75) is 6.92 Å². The molecule has 1 aromatic rings. The highest BCUT2D eigenvalue weighted by atomic mass is 16.5. The lowest BCUT2D eigenvalue weighted by molar-refractivity contribution is -0.152. The molecule has 20 heavy (non-hydrogen) atoms. The molecule has 0 saturated heterocycles. The highest BCUT2D eigenvalue weighted by Gasteiger charge is 2.21. The van der Waals surface area contributed by atoms with Gasteiger partial charge in [-0.05, 0) is 19.1 Å². The molecule has 0 heterocycles. The predicted molar refractivity (Wildman–Crippen MR) is 71.6 cm³/mol. The quantitative estimate of drug-likeness (QED) is 0.620. The van der Waals surface area contributed by atoms with Crippen LogP contribution in [0, 0.1) is 0 Å². The molecule has 2 amide bonds. The highest BCUT2D eigenvalue weighted by Crippen LogP contribution is 2.26. The number of amides is 2. The molecule has 0 atom stereocenters. The summed E-state index contributed by atoms with van der Waals surface area (Å²) in [7, 11) is 2.85. The summed E-state index contributed by atoms with van der Waals surface area (Å²) < 4.78 is 9.65. The smallest absolute Gasteiger partial charge is 0.397 e. The van der Waals surface area contributed by atoms with Gasteiger partial charge in [-0.3, -0.25) is 9.59 Å². The first kappa shape index (κ1) is 15.5. The van der Waals surface area contributed by atoms with Crippen LogP contribution in [0.15, 0.2) is 18.2 Å². The number of nitrogens with one attached hydrogen (secondary N) is 2. The Morgan fingerprint density at radius 3 is 2.50 bits per heavy atom. The summed E-state index contributed by atoms with van der Waals surface area (Å²) in [5.41, 5.74) is 0.303. The summed E-state index contributed by atoms with van der Waals surface area (Å²) >= 11 is 0. The Bertz CT molecular complexity index is 527. The molecule has 0 bridgehead atoms. The number of methoxy groups -OCH3 is 1. The van der Waals surface area contributed by atoms with Crippen LogP contribution in [0.1, 0.15) is 17.3 Å². The van der Waals surface area contributed by atoms with E-state index in [-0.39, 0.29) is 23.6 Å². The molecule has 0 spiro atoms. The van der Waals surface area contributed by atoms with E-state index in [4.69, 9.17) is 4.74 Å². The van der Waals surface area contributed by atoms with Crippen LogP contribution < -0.4 is 15.4 Å². The van der Waals surface area contributed by atoms with Gasteiger partial charge in [0.25, 0.3) is 5.91 Å². The number of hydrogen-bond acceptors (Lipinski definition) is 5. The third kappa shape index (κ3) is 3.47. The number of ether oxygens (including phenoxy) is 2. The van der Waals surface area contributed by atoms with Gasteiger partial charge in [-0.2, -0.15) is 0 Å². The zero-order chi connectivity index (χ0) is 15.1. The standard InChI is InChI=1S/C13H16N2O5/c1-4-20-13(18)12(17)15-8-6-5-7-9(19-3)10(8)11(16)14-2/h5-7H,4H2,1-3H3,(H,14,16)(H,15,17). The molecule has 0 saturated carbocycles. The molecule has 0 fully saturated rings. The van der Waals surface area contributed by atoms with Crippen molar-refractivity contribution in [2.75, 3.05) is 26.1 Å². The Labute approximate surface area is 116 Å². The van der Waals surface area contributed by atoms with Gasteiger partial charge in [0, 0.05) is 7.05 Å². The second-order valence-corrected chi connectivity index (χ2v) is 3.64. The van der Waals surface area contributed by atoms with Crippen molar-refractivity contribution < 1.29 is 23.9 Å². The van der Waals surface area contributed by atoms with Crippen molar-refractivity contribution in [1.29, 1.82) is 0 Å². The van der Waals surface area contributed by atoms with E-state index >= 15 is 0 Å². The molecular weight excluding hydrogens is 264 g/mol. The summed E-state index contributed by atoms with van der Waals surface area (Å²) in [6, 6.07) is 4.65. The minimum absolute atomic E-state index is 0.0899. The van der Waals surface area contributed by atoms with Crippen molar-refractivity contribution in [3.63, 3.8) is 0 Å². The van der Waals surface area contributed by atoms with Crippen molar-refractivity contribution in [1.82, 2.24) is 5.32 Å². The first-order valence-electron chi connectivity index (χ1n) is 5.92. The summed E-state index contributed by atoms with van der Waals surface area (Å²) in [4.78, 5) is 34.7. The molecule has 0 radical (unpaired) electrons. The van der Waals surface area contributed by atoms with Crippen LogP contribution in [0.3, 0.4) is 0 Å². The van der Waals surface area contributed by atoms with Crippen LogP contribution >= 0.6 is 0 Å². The topological polar surface area (TPSA) is 93.7 Å². The first-order chi connectivity index (χ1) is 9.54. The maximum atomic E-state index is 11.8. The summed E-state index contributed by atoms with van der Waals surface area (Å²) in [5, 5.41) is 4.77. The summed E-state index contributed by atoms with van der Waals surface area (Å²) in [6.07, 6.45) is 0. The van der Waals surface area contributed by atoms with Gasteiger partial charge in [0.05, 0.1) is 19.4 Å². The largest absolute Gasteiger partial charge is 0.496 e. The predicted octanol–water partition coefficient (Wildman–Crippen LogP) is 0.556. The van der Waals surface area contributed by atoms with Crippen molar-refractivity contribution in [3.05, 3.63) is 23.8 Å². The molecule has 0 aliphatic carbocycles. The van der Waals surface area contributed by atoms with Gasteiger partial charge >= 0.3 is 11.9 Å². The van der Waals surface area contributed by atoms with E-state index in [9.17, 15) is 14.4 Å². The zero-order valence-corrected chi connectivity index (χ0v) is 11.5. The van der Waals surface area contributed by atoms with Gasteiger partial charge < -0.3 is 20.1 Å². The van der Waals surface area contributed by atoms with Gasteiger partial charge in [-0.15, -0.1) is 0 Å². The molecule has 108 valence electrons. The second kappa shape index (κ2) is 7.13. The molecular formula is C13H16N2O5. The number of rotatable bonds is 4. The average molecular weight is 280 g/mol. The van der Waals surface area contributed by atoms with Crippen LogP contribution in [-0.2, 0) is 14.3 Å². The number of carbonyl (C=O) groups excluding carboxylic acids is 3. The minimum Gasteiger partial charge on any atom is -0.496 e. The molecule has 7 heteroatoms. The third-order valence-electron chi connectivity index (χ3n) is 2.41. The van der Waals surface area contributed by atoms with Gasteiger partial charge in [0.1, 0.15) is 11.3 Å². The molecule has 7 nitrogen and oxygen atoms in total. The van der Waals surface area contributed by atoms with Crippen LogP contribution in [-0.4, -0.2) is 38.5 Å². The number of benzene rings is 1. The highest BCUT2D eigenvalue weighted by molar-refractivity contribution is 6.37. The van der Waals surface area contributed by atoms with Crippen LogP contribution in [0.4, 0.5) is 5.69 Å². The van der Waals surface area contributed by atoms with E-state index < -0.39 is 17.8 Å². The molecule has 1 rings (SSSR count). The fourth-order valence-electron chi connectivity index (χ4n) is 1.53. The Morgan fingerprint density at radius 2 is 1.95 bits per heavy atom. The molecule has 2 N–H and O–H groups in total. The maximum absolute atomic E-state index is 11.8. The number of hydrogen-bond donors (Lipinski definition) is 2. The van der Waals surface area contributed by atoms with E-state index in [0.717, 1.165) is 0 Å². The number of esters is 1. The van der Waals surface area contributed by atoms with E-state index in [1.807, 2.05) is 0 Å². The van der Waals surface area contributed by atoms with E-state index in [1.54, 1.807) is 19.1 Å². The van der Waals surface area contributed by atoms with Crippen LogP contribution in [0.2, 0.25) is 0 Å². The molecule has 0 unspecified atom stereocenters. The zero-order valence-electron chi connectivity index (χ0n) is 11.5. The fraction of sp³-hybridized carbons (Fsp3) is 0.308. The van der Waals surface area contributed by atoms with Gasteiger partial charge in [0.15, 0.2) is 0 Å². The van der Waals surface area contributed by atoms with E-state index in [2.05, 4.69) is 15.4 Å². The molecule has 1 aromatic carbocycles. The number of carbonyl (C=O) groups is 3. The Morgan fingerprint density at radius 1 is 1.25 bits per heavy atom. The van der Waals surface area contributed by atoms with Crippen LogP contribution in [0.25, 0.3) is 0 Å². The summed E-state index contributed by atoms with van der Waals surface area (Å²) in [6.45, 7) is 1.68. The van der Waals surface area contributed by atoms with Crippen molar-refractivity contribution >= 4 is 23.5 Å². The Kier molecular flexibility index (Phi) is 5.52. The van der Waals surface area contributed by atoms with E-state index in [1.165, 1.54) is 20.2 Å². The van der Waals surface area contributed by atoms with Gasteiger partial charge in [0.2, 0.25) is 0 Å². The molecule has 0 aromatic heterocycles. The second-order valence-electron chi connectivity index (χ2n) is 3.64. The summed E-state index contributed by atoms with van der Waals surface area (Å²) in [5.74, 6) is -2.13. The molecule has 0 aliphatic heterocycles. The third-order valence-corrected chi connectivity index (χ3v) is 2.41. The normalized spacial score (nSPS) is 9.55. The lowest BCUT2D eigenvalue weighted by atomic mass is 10.1.